The molecule has 0 aromatic carbocycles. The predicted octanol–water partition coefficient (Wildman–Crippen LogP) is -0.854. The highest BCUT2D eigenvalue weighted by Gasteiger charge is 2.25. The lowest BCUT2D eigenvalue weighted by Crippen LogP contribution is -2.47. The molecule has 0 aliphatic carbocycles. The van der Waals surface area contributed by atoms with Gasteiger partial charge in [-0.3, -0.25) is 9.48 Å². The molecule has 5 heteroatoms. The molecule has 0 radical (unpaired) electrons. The number of carbonyl (C=O) groups is 1. The van der Waals surface area contributed by atoms with Crippen molar-refractivity contribution in [3.63, 3.8) is 0 Å². The van der Waals surface area contributed by atoms with Gasteiger partial charge in [-0.15, -0.1) is 5.10 Å². The standard InChI is InChI=1S/C8H12N4O/c1-12-5-7(10-11-12)2-8(13)6-3-9-4-6/h5-6,9H,2-4H2,1H3. The van der Waals surface area contributed by atoms with Crippen molar-refractivity contribution in [2.24, 2.45) is 13.0 Å². The van der Waals surface area contributed by atoms with E-state index < -0.39 is 0 Å². The largest absolute Gasteiger partial charge is 0.315 e. The minimum Gasteiger partial charge on any atom is -0.315 e. The smallest absolute Gasteiger partial charge is 0.144 e. The van der Waals surface area contributed by atoms with Crippen molar-refractivity contribution in [3.8, 4) is 0 Å². The van der Waals surface area contributed by atoms with Gasteiger partial charge in [-0.2, -0.15) is 0 Å². The van der Waals surface area contributed by atoms with Gasteiger partial charge in [0.15, 0.2) is 0 Å². The second kappa shape index (κ2) is 3.26. The van der Waals surface area contributed by atoms with Crippen molar-refractivity contribution >= 4 is 5.78 Å². The molecule has 0 bridgehead atoms. The molecular formula is C8H12N4O. The van der Waals surface area contributed by atoms with E-state index in [0.717, 1.165) is 18.8 Å². The number of hydrogen-bond donors (Lipinski definition) is 1. The molecule has 1 N–H and O–H groups in total. The summed E-state index contributed by atoms with van der Waals surface area (Å²) in [6.45, 7) is 1.64. The van der Waals surface area contributed by atoms with E-state index >= 15 is 0 Å². The zero-order valence-electron chi connectivity index (χ0n) is 7.53. The average molecular weight is 180 g/mol. The molecule has 1 aliphatic rings. The first-order chi connectivity index (χ1) is 6.25. The number of nitrogens with one attached hydrogen (secondary N) is 1. The summed E-state index contributed by atoms with van der Waals surface area (Å²) in [5.41, 5.74) is 0.763. The average Bonchev–Trinajstić information content (AvgIpc) is 2.31. The SMILES string of the molecule is Cn1cc(CC(=O)C2CNC2)nn1. The van der Waals surface area contributed by atoms with E-state index in [2.05, 4.69) is 15.6 Å². The van der Waals surface area contributed by atoms with E-state index in [9.17, 15) is 4.79 Å². The van der Waals surface area contributed by atoms with Gasteiger partial charge < -0.3 is 5.32 Å². The Morgan fingerprint density at radius 3 is 3.00 bits per heavy atom. The summed E-state index contributed by atoms with van der Waals surface area (Å²) in [5, 5.41) is 10.7. The molecule has 1 saturated heterocycles. The Bertz CT molecular complexity index is 316. The summed E-state index contributed by atoms with van der Waals surface area (Å²) < 4.78 is 1.61. The molecule has 70 valence electrons. The number of ketones is 1. The Morgan fingerprint density at radius 2 is 2.54 bits per heavy atom. The van der Waals surface area contributed by atoms with E-state index in [4.69, 9.17) is 0 Å². The molecule has 5 nitrogen and oxygen atoms in total. The second-order valence-corrected chi connectivity index (χ2v) is 3.38. The lowest BCUT2D eigenvalue weighted by atomic mass is 9.95. The maximum Gasteiger partial charge on any atom is 0.144 e. The fraction of sp³-hybridized carbons (Fsp3) is 0.625. The topological polar surface area (TPSA) is 59.8 Å². The van der Waals surface area contributed by atoms with Gasteiger partial charge in [0.2, 0.25) is 0 Å². The molecule has 0 atom stereocenters. The Kier molecular flexibility index (Phi) is 2.10. The lowest BCUT2D eigenvalue weighted by Gasteiger charge is -2.25. The first-order valence-electron chi connectivity index (χ1n) is 4.34. The lowest BCUT2D eigenvalue weighted by molar-refractivity contribution is -0.123. The first kappa shape index (κ1) is 8.37. The number of carbonyl (C=O) groups excluding carboxylic acids is 1. The Hall–Kier alpha value is -1.23. The molecule has 2 rings (SSSR count). The van der Waals surface area contributed by atoms with E-state index in [-0.39, 0.29) is 11.7 Å². The molecule has 1 fully saturated rings. The van der Waals surface area contributed by atoms with Crippen molar-refractivity contribution < 1.29 is 4.79 Å². The minimum absolute atomic E-state index is 0.196. The van der Waals surface area contributed by atoms with Crippen LogP contribution >= 0.6 is 0 Å². The third-order valence-corrected chi connectivity index (χ3v) is 2.24. The van der Waals surface area contributed by atoms with Gasteiger partial charge in [-0.25, -0.2) is 0 Å². The molecule has 0 spiro atoms. The number of aromatic nitrogens is 3. The van der Waals surface area contributed by atoms with Crippen molar-refractivity contribution in [1.82, 2.24) is 20.3 Å². The molecule has 0 amide bonds. The highest BCUT2D eigenvalue weighted by Crippen LogP contribution is 2.07. The summed E-state index contributed by atoms with van der Waals surface area (Å²) in [5.74, 6) is 0.459. The third kappa shape index (κ3) is 1.75. The molecule has 0 unspecified atom stereocenters. The zero-order valence-corrected chi connectivity index (χ0v) is 7.53. The van der Waals surface area contributed by atoms with Crippen LogP contribution in [0.1, 0.15) is 5.69 Å². The van der Waals surface area contributed by atoms with Crippen LogP contribution in [-0.4, -0.2) is 33.9 Å². The summed E-state index contributed by atoms with van der Waals surface area (Å²) in [6, 6.07) is 0. The van der Waals surface area contributed by atoms with Gasteiger partial charge in [-0.05, 0) is 0 Å². The Labute approximate surface area is 76.1 Å². The third-order valence-electron chi connectivity index (χ3n) is 2.24. The summed E-state index contributed by atoms with van der Waals surface area (Å²) in [7, 11) is 1.80. The van der Waals surface area contributed by atoms with Crippen molar-refractivity contribution in [2.75, 3.05) is 13.1 Å². The molecule has 2 heterocycles. The van der Waals surface area contributed by atoms with Crippen LogP contribution in [-0.2, 0) is 18.3 Å². The van der Waals surface area contributed by atoms with Crippen molar-refractivity contribution in [3.05, 3.63) is 11.9 Å². The van der Waals surface area contributed by atoms with Crippen molar-refractivity contribution in [1.29, 1.82) is 0 Å². The van der Waals surface area contributed by atoms with Crippen LogP contribution in [0.25, 0.3) is 0 Å². The Morgan fingerprint density at radius 1 is 1.77 bits per heavy atom. The van der Waals surface area contributed by atoms with Crippen LogP contribution in [0.5, 0.6) is 0 Å². The summed E-state index contributed by atoms with van der Waals surface area (Å²) in [6.07, 6.45) is 2.20. The predicted molar refractivity (Wildman–Crippen MR) is 46.1 cm³/mol. The highest BCUT2D eigenvalue weighted by atomic mass is 16.1. The Balaban J connectivity index is 1.93. The quantitative estimate of drug-likeness (QED) is 0.658. The van der Waals surface area contributed by atoms with E-state index in [1.807, 2.05) is 0 Å². The molecule has 13 heavy (non-hydrogen) atoms. The van der Waals surface area contributed by atoms with E-state index in [0.29, 0.717) is 6.42 Å². The number of Topliss-reactive ketones (excluding diaryl/α,β-unsaturated/α-hetero) is 1. The van der Waals surface area contributed by atoms with Crippen LogP contribution in [0.15, 0.2) is 6.20 Å². The van der Waals surface area contributed by atoms with Crippen molar-refractivity contribution in [2.45, 2.75) is 6.42 Å². The summed E-state index contributed by atoms with van der Waals surface area (Å²) in [4.78, 5) is 11.5. The number of aryl methyl sites for hydroxylation is 1. The number of hydrogen-bond acceptors (Lipinski definition) is 4. The number of nitrogens with zero attached hydrogens (tertiary/aromatic N) is 3. The van der Waals surface area contributed by atoms with Crippen LogP contribution in [0.4, 0.5) is 0 Å². The molecule has 1 aromatic heterocycles. The van der Waals surface area contributed by atoms with E-state index in [1.165, 1.54) is 0 Å². The van der Waals surface area contributed by atoms with Gasteiger partial charge in [0.05, 0.1) is 12.1 Å². The van der Waals surface area contributed by atoms with Crippen LogP contribution in [0.2, 0.25) is 0 Å². The van der Waals surface area contributed by atoms with Crippen LogP contribution < -0.4 is 5.32 Å². The summed E-state index contributed by atoms with van der Waals surface area (Å²) >= 11 is 0. The zero-order chi connectivity index (χ0) is 9.26. The number of rotatable bonds is 3. The van der Waals surface area contributed by atoms with Gasteiger partial charge >= 0.3 is 0 Å². The highest BCUT2D eigenvalue weighted by molar-refractivity contribution is 5.84. The minimum atomic E-state index is 0.196. The fourth-order valence-corrected chi connectivity index (χ4v) is 1.32. The van der Waals surface area contributed by atoms with Gasteiger partial charge in [-0.1, -0.05) is 5.21 Å². The monoisotopic (exact) mass is 180 g/mol. The molecule has 1 aromatic rings. The molecule has 1 aliphatic heterocycles. The van der Waals surface area contributed by atoms with Gasteiger partial charge in [0.1, 0.15) is 5.78 Å². The normalized spacial score (nSPS) is 17.0. The second-order valence-electron chi connectivity index (χ2n) is 3.38. The van der Waals surface area contributed by atoms with Crippen LogP contribution in [0.3, 0.4) is 0 Å². The molecule has 0 saturated carbocycles. The van der Waals surface area contributed by atoms with Gasteiger partial charge in [0, 0.05) is 32.3 Å². The molecular weight excluding hydrogens is 168 g/mol. The maximum absolute atomic E-state index is 11.5. The fourth-order valence-electron chi connectivity index (χ4n) is 1.32. The van der Waals surface area contributed by atoms with Crippen LogP contribution in [0, 0.1) is 5.92 Å². The van der Waals surface area contributed by atoms with E-state index in [1.54, 1.807) is 17.9 Å². The first-order valence-corrected chi connectivity index (χ1v) is 4.34. The maximum atomic E-state index is 11.5. The van der Waals surface area contributed by atoms with Gasteiger partial charge in [0.25, 0.3) is 0 Å².